The Bertz CT molecular complexity index is 610. The summed E-state index contributed by atoms with van der Waals surface area (Å²) in [6.07, 6.45) is 3.72. The summed E-state index contributed by atoms with van der Waals surface area (Å²) in [7, 11) is 0. The van der Waals surface area contributed by atoms with Crippen LogP contribution in [-0.2, 0) is 11.2 Å². The van der Waals surface area contributed by atoms with E-state index in [1.807, 2.05) is 29.2 Å². The molecule has 1 saturated heterocycles. The number of nitrogens with zero attached hydrogens (tertiary/aromatic N) is 2. The van der Waals surface area contributed by atoms with Gasteiger partial charge < -0.3 is 9.42 Å². The molecule has 106 valence electrons. The fourth-order valence-electron chi connectivity index (χ4n) is 3.21. The number of hydrogen-bond acceptors (Lipinski definition) is 3. The first-order chi connectivity index (χ1) is 9.66. The summed E-state index contributed by atoms with van der Waals surface area (Å²) < 4.78 is 5.27. The number of aromatic nitrogens is 1. The number of carbonyl (C=O) groups excluding carboxylic acids is 1. The van der Waals surface area contributed by atoms with Crippen molar-refractivity contribution in [2.75, 3.05) is 0 Å². The average Bonchev–Trinajstić information content (AvgIpc) is 2.82. The van der Waals surface area contributed by atoms with Crippen LogP contribution >= 0.6 is 0 Å². The molecule has 1 aromatic heterocycles. The van der Waals surface area contributed by atoms with E-state index in [0.717, 1.165) is 29.5 Å². The van der Waals surface area contributed by atoms with Crippen molar-refractivity contribution in [3.8, 4) is 0 Å². The predicted molar refractivity (Wildman–Crippen MR) is 77.3 cm³/mol. The van der Waals surface area contributed by atoms with Gasteiger partial charge in [-0.1, -0.05) is 17.3 Å². The SMILES string of the molecule is C[C@H]1CCC[C@H](C)N1C(=O)Cc1noc2ccccc12. The van der Waals surface area contributed by atoms with Crippen molar-refractivity contribution >= 4 is 16.9 Å². The van der Waals surface area contributed by atoms with Crippen LogP contribution in [0.3, 0.4) is 0 Å². The van der Waals surface area contributed by atoms with Crippen LogP contribution in [0.4, 0.5) is 0 Å². The molecule has 20 heavy (non-hydrogen) atoms. The molecule has 0 saturated carbocycles. The van der Waals surface area contributed by atoms with Crippen LogP contribution < -0.4 is 0 Å². The molecular weight excluding hydrogens is 252 g/mol. The molecule has 3 rings (SSSR count). The fourth-order valence-corrected chi connectivity index (χ4v) is 3.21. The van der Waals surface area contributed by atoms with Crippen LogP contribution in [0, 0.1) is 0 Å². The van der Waals surface area contributed by atoms with Gasteiger partial charge in [0.2, 0.25) is 5.91 Å². The summed E-state index contributed by atoms with van der Waals surface area (Å²) in [5, 5.41) is 5.00. The summed E-state index contributed by atoms with van der Waals surface area (Å²) in [5.41, 5.74) is 1.49. The standard InChI is InChI=1S/C16H20N2O2/c1-11-6-5-7-12(2)18(11)16(19)10-14-13-8-3-4-9-15(13)20-17-14/h3-4,8-9,11-12H,5-7,10H2,1-2H3/t11-,12-/m0/s1. The Morgan fingerprint density at radius 3 is 2.75 bits per heavy atom. The summed E-state index contributed by atoms with van der Waals surface area (Å²) in [6.45, 7) is 4.27. The minimum atomic E-state index is 0.156. The highest BCUT2D eigenvalue weighted by atomic mass is 16.5. The van der Waals surface area contributed by atoms with Crippen LogP contribution in [-0.4, -0.2) is 28.0 Å². The molecule has 0 N–H and O–H groups in total. The number of fused-ring (bicyclic) bond motifs is 1. The molecule has 2 heterocycles. The van der Waals surface area contributed by atoms with Gasteiger partial charge in [-0.3, -0.25) is 4.79 Å². The lowest BCUT2D eigenvalue weighted by molar-refractivity contribution is -0.136. The molecule has 2 atom stereocenters. The maximum absolute atomic E-state index is 12.6. The molecule has 4 heteroatoms. The van der Waals surface area contributed by atoms with Crippen LogP contribution in [0.5, 0.6) is 0 Å². The Kier molecular flexibility index (Phi) is 3.47. The highest BCUT2D eigenvalue weighted by Gasteiger charge is 2.29. The number of hydrogen-bond donors (Lipinski definition) is 0. The first-order valence-electron chi connectivity index (χ1n) is 7.31. The average molecular weight is 272 g/mol. The van der Waals surface area contributed by atoms with Crippen molar-refractivity contribution in [2.24, 2.45) is 0 Å². The molecule has 1 aliphatic heterocycles. The third kappa shape index (κ3) is 2.30. The zero-order valence-corrected chi connectivity index (χ0v) is 12.0. The fraction of sp³-hybridized carbons (Fsp3) is 0.500. The second kappa shape index (κ2) is 5.27. The van der Waals surface area contributed by atoms with E-state index in [9.17, 15) is 4.79 Å². The number of rotatable bonds is 2. The third-order valence-corrected chi connectivity index (χ3v) is 4.25. The topological polar surface area (TPSA) is 46.3 Å². The number of piperidine rings is 1. The predicted octanol–water partition coefficient (Wildman–Crippen LogP) is 3.16. The van der Waals surface area contributed by atoms with Gasteiger partial charge in [0, 0.05) is 17.5 Å². The van der Waals surface area contributed by atoms with Gasteiger partial charge in [-0.15, -0.1) is 0 Å². The van der Waals surface area contributed by atoms with Crippen molar-refractivity contribution in [2.45, 2.75) is 51.6 Å². The third-order valence-electron chi connectivity index (χ3n) is 4.25. The molecule has 0 spiro atoms. The van der Waals surface area contributed by atoms with Gasteiger partial charge in [-0.25, -0.2) is 0 Å². The van der Waals surface area contributed by atoms with E-state index >= 15 is 0 Å². The van der Waals surface area contributed by atoms with Crippen molar-refractivity contribution in [1.29, 1.82) is 0 Å². The van der Waals surface area contributed by atoms with Crippen LogP contribution in [0.15, 0.2) is 28.8 Å². The Morgan fingerprint density at radius 2 is 2.00 bits per heavy atom. The molecule has 0 aliphatic carbocycles. The zero-order chi connectivity index (χ0) is 14.1. The smallest absolute Gasteiger partial charge is 0.229 e. The van der Waals surface area contributed by atoms with E-state index in [1.54, 1.807) is 0 Å². The van der Waals surface area contributed by atoms with E-state index in [2.05, 4.69) is 19.0 Å². The molecule has 1 aliphatic rings. The summed E-state index contributed by atoms with van der Waals surface area (Å²) in [6, 6.07) is 8.34. The summed E-state index contributed by atoms with van der Waals surface area (Å²) in [5.74, 6) is 0.156. The normalized spacial score (nSPS) is 23.2. The zero-order valence-electron chi connectivity index (χ0n) is 12.0. The first-order valence-corrected chi connectivity index (χ1v) is 7.31. The van der Waals surface area contributed by atoms with E-state index in [0.29, 0.717) is 18.5 Å². The summed E-state index contributed by atoms with van der Waals surface area (Å²) >= 11 is 0. The Morgan fingerprint density at radius 1 is 1.30 bits per heavy atom. The largest absolute Gasteiger partial charge is 0.356 e. The van der Waals surface area contributed by atoms with Crippen molar-refractivity contribution in [3.05, 3.63) is 30.0 Å². The Hall–Kier alpha value is -1.84. The second-order valence-corrected chi connectivity index (χ2v) is 5.73. The van der Waals surface area contributed by atoms with Crippen molar-refractivity contribution in [1.82, 2.24) is 10.1 Å². The maximum atomic E-state index is 12.6. The maximum Gasteiger partial charge on any atom is 0.229 e. The summed E-state index contributed by atoms with van der Waals surface area (Å²) in [4.78, 5) is 14.6. The van der Waals surface area contributed by atoms with Crippen LogP contribution in [0.2, 0.25) is 0 Å². The first kappa shape index (κ1) is 13.2. The van der Waals surface area contributed by atoms with Gasteiger partial charge in [0.25, 0.3) is 0 Å². The minimum absolute atomic E-state index is 0.156. The second-order valence-electron chi connectivity index (χ2n) is 5.73. The quantitative estimate of drug-likeness (QED) is 0.843. The molecule has 0 radical (unpaired) electrons. The highest BCUT2D eigenvalue weighted by Crippen LogP contribution is 2.25. The molecule has 4 nitrogen and oxygen atoms in total. The Labute approximate surface area is 118 Å². The van der Waals surface area contributed by atoms with Gasteiger partial charge in [-0.05, 0) is 45.2 Å². The van der Waals surface area contributed by atoms with Crippen LogP contribution in [0.25, 0.3) is 11.0 Å². The van der Waals surface area contributed by atoms with Gasteiger partial charge in [0.15, 0.2) is 5.58 Å². The molecular formula is C16H20N2O2. The molecule has 2 aromatic rings. The van der Waals surface area contributed by atoms with Gasteiger partial charge in [0.05, 0.1) is 6.42 Å². The van der Waals surface area contributed by atoms with E-state index in [4.69, 9.17) is 4.52 Å². The molecule has 1 fully saturated rings. The van der Waals surface area contributed by atoms with Gasteiger partial charge in [-0.2, -0.15) is 0 Å². The van der Waals surface area contributed by atoms with Crippen molar-refractivity contribution < 1.29 is 9.32 Å². The number of para-hydroxylation sites is 1. The number of likely N-dealkylation sites (tertiary alicyclic amines) is 1. The number of carbonyl (C=O) groups is 1. The van der Waals surface area contributed by atoms with E-state index in [1.165, 1.54) is 6.42 Å². The molecule has 0 unspecified atom stereocenters. The molecule has 1 aromatic carbocycles. The van der Waals surface area contributed by atoms with Gasteiger partial charge >= 0.3 is 0 Å². The van der Waals surface area contributed by atoms with E-state index in [-0.39, 0.29) is 5.91 Å². The number of amides is 1. The van der Waals surface area contributed by atoms with Crippen LogP contribution in [0.1, 0.15) is 38.8 Å². The monoisotopic (exact) mass is 272 g/mol. The Balaban J connectivity index is 1.81. The van der Waals surface area contributed by atoms with E-state index < -0.39 is 0 Å². The highest BCUT2D eigenvalue weighted by molar-refractivity contribution is 5.86. The van der Waals surface area contributed by atoms with Gasteiger partial charge in [0.1, 0.15) is 5.69 Å². The molecule has 0 bridgehead atoms. The lowest BCUT2D eigenvalue weighted by Gasteiger charge is -2.39. The number of benzene rings is 1. The lowest BCUT2D eigenvalue weighted by Crippen LogP contribution is -2.48. The van der Waals surface area contributed by atoms with Crippen molar-refractivity contribution in [3.63, 3.8) is 0 Å². The lowest BCUT2D eigenvalue weighted by atomic mass is 9.96. The molecule has 1 amide bonds. The minimum Gasteiger partial charge on any atom is -0.356 e.